The molecular weight excluding hydrogens is 256 g/mol. The minimum Gasteiger partial charge on any atom is -0.486 e. The fraction of sp³-hybridized carbons (Fsp3) is 0.400. The number of rotatable bonds is 2. The first-order valence-corrected chi connectivity index (χ1v) is 6.91. The molecule has 2 aromatic rings. The molecule has 0 bridgehead atoms. The van der Waals surface area contributed by atoms with Gasteiger partial charge in [0, 0.05) is 31.6 Å². The van der Waals surface area contributed by atoms with Gasteiger partial charge in [-0.1, -0.05) is 17.3 Å². The van der Waals surface area contributed by atoms with Crippen molar-refractivity contribution in [1.82, 2.24) is 10.1 Å². The zero-order valence-corrected chi connectivity index (χ0v) is 11.1. The second kappa shape index (κ2) is 4.83. The van der Waals surface area contributed by atoms with Crippen LogP contribution in [0.4, 0.5) is 0 Å². The zero-order valence-electron chi connectivity index (χ0n) is 11.1. The predicted octanol–water partition coefficient (Wildman–Crippen LogP) is 1.87. The van der Waals surface area contributed by atoms with Crippen LogP contribution < -0.4 is 9.47 Å². The molecule has 20 heavy (non-hydrogen) atoms. The van der Waals surface area contributed by atoms with Crippen molar-refractivity contribution in [3.63, 3.8) is 0 Å². The molecule has 0 fully saturated rings. The van der Waals surface area contributed by atoms with E-state index >= 15 is 0 Å². The van der Waals surface area contributed by atoms with Crippen LogP contribution in [0.15, 0.2) is 35.1 Å². The highest BCUT2D eigenvalue weighted by Crippen LogP contribution is 2.31. The number of hydrogen-bond acceptors (Lipinski definition) is 5. The SMILES string of the molecule is c1ccc2c(c1)OCC(CN1CCc3nocc3C1)O2. The molecule has 5 nitrogen and oxygen atoms in total. The van der Waals surface area contributed by atoms with Crippen LogP contribution in [0.1, 0.15) is 11.3 Å². The van der Waals surface area contributed by atoms with E-state index in [1.807, 2.05) is 24.3 Å². The van der Waals surface area contributed by atoms with E-state index in [1.165, 1.54) is 5.56 Å². The van der Waals surface area contributed by atoms with Crippen molar-refractivity contribution in [2.45, 2.75) is 19.1 Å². The summed E-state index contributed by atoms with van der Waals surface area (Å²) in [5, 5.41) is 4.01. The summed E-state index contributed by atoms with van der Waals surface area (Å²) in [6.45, 7) is 3.32. The highest BCUT2D eigenvalue weighted by Gasteiger charge is 2.26. The number of ether oxygens (including phenoxy) is 2. The third-order valence-corrected chi connectivity index (χ3v) is 3.82. The molecule has 0 saturated carbocycles. The summed E-state index contributed by atoms with van der Waals surface area (Å²) in [5.41, 5.74) is 2.28. The highest BCUT2D eigenvalue weighted by molar-refractivity contribution is 5.40. The first kappa shape index (κ1) is 11.8. The molecule has 5 heteroatoms. The maximum atomic E-state index is 6.00. The van der Waals surface area contributed by atoms with Crippen molar-refractivity contribution in [2.24, 2.45) is 0 Å². The lowest BCUT2D eigenvalue weighted by Gasteiger charge is -2.32. The summed E-state index contributed by atoms with van der Waals surface area (Å²) in [7, 11) is 0. The van der Waals surface area contributed by atoms with Crippen LogP contribution in [0.3, 0.4) is 0 Å². The molecular formula is C15H16N2O3. The van der Waals surface area contributed by atoms with Crippen LogP contribution in [0.25, 0.3) is 0 Å². The molecule has 1 atom stereocenters. The van der Waals surface area contributed by atoms with Crippen LogP contribution in [-0.4, -0.2) is 35.9 Å². The van der Waals surface area contributed by atoms with Gasteiger partial charge in [0.25, 0.3) is 0 Å². The monoisotopic (exact) mass is 272 g/mol. The number of aromatic nitrogens is 1. The Morgan fingerprint density at radius 2 is 2.15 bits per heavy atom. The largest absolute Gasteiger partial charge is 0.486 e. The summed E-state index contributed by atoms with van der Waals surface area (Å²) in [6, 6.07) is 7.82. The maximum absolute atomic E-state index is 6.00. The van der Waals surface area contributed by atoms with Gasteiger partial charge >= 0.3 is 0 Å². The van der Waals surface area contributed by atoms with Gasteiger partial charge in [-0.15, -0.1) is 0 Å². The van der Waals surface area contributed by atoms with Crippen LogP contribution in [0.2, 0.25) is 0 Å². The Morgan fingerprint density at radius 1 is 1.25 bits per heavy atom. The lowest BCUT2D eigenvalue weighted by atomic mass is 10.1. The molecule has 1 unspecified atom stereocenters. The lowest BCUT2D eigenvalue weighted by molar-refractivity contribution is 0.0548. The summed E-state index contributed by atoms with van der Waals surface area (Å²) in [5.74, 6) is 1.68. The van der Waals surface area contributed by atoms with E-state index in [0.29, 0.717) is 6.61 Å². The first-order chi connectivity index (χ1) is 9.88. The Kier molecular flexibility index (Phi) is 2.85. The van der Waals surface area contributed by atoms with E-state index in [-0.39, 0.29) is 6.10 Å². The number of hydrogen-bond donors (Lipinski definition) is 0. The second-order valence-corrected chi connectivity index (χ2v) is 5.27. The van der Waals surface area contributed by atoms with Gasteiger partial charge in [-0.05, 0) is 12.1 Å². The normalized spacial score (nSPS) is 21.5. The number of benzene rings is 1. The van der Waals surface area contributed by atoms with Crippen molar-refractivity contribution < 1.29 is 14.0 Å². The third kappa shape index (κ3) is 2.14. The molecule has 0 saturated heterocycles. The van der Waals surface area contributed by atoms with Gasteiger partial charge in [0.15, 0.2) is 11.5 Å². The molecule has 0 N–H and O–H groups in total. The molecule has 0 amide bonds. The lowest BCUT2D eigenvalue weighted by Crippen LogP contribution is -2.42. The molecule has 2 aliphatic rings. The summed E-state index contributed by atoms with van der Waals surface area (Å²) in [6.07, 6.45) is 2.76. The van der Waals surface area contributed by atoms with Gasteiger partial charge < -0.3 is 14.0 Å². The Hall–Kier alpha value is -2.01. The van der Waals surface area contributed by atoms with E-state index in [2.05, 4.69) is 10.1 Å². The van der Waals surface area contributed by atoms with Crippen molar-refractivity contribution in [3.05, 3.63) is 41.8 Å². The van der Waals surface area contributed by atoms with E-state index in [0.717, 1.165) is 43.2 Å². The molecule has 1 aromatic carbocycles. The number of para-hydroxylation sites is 2. The van der Waals surface area contributed by atoms with E-state index in [4.69, 9.17) is 14.0 Å². The average molecular weight is 272 g/mol. The minimum absolute atomic E-state index is 0.0753. The van der Waals surface area contributed by atoms with Gasteiger partial charge in [-0.25, -0.2) is 0 Å². The predicted molar refractivity (Wildman–Crippen MR) is 71.8 cm³/mol. The highest BCUT2D eigenvalue weighted by atomic mass is 16.6. The second-order valence-electron chi connectivity index (χ2n) is 5.27. The summed E-state index contributed by atoms with van der Waals surface area (Å²) < 4.78 is 16.8. The standard InChI is InChI=1S/C15H16N2O3/c1-2-4-15-14(3-1)18-10-12(20-15)8-17-6-5-13-11(7-17)9-19-16-13/h1-4,9,12H,5-8,10H2. The third-order valence-electron chi connectivity index (χ3n) is 3.82. The van der Waals surface area contributed by atoms with Crippen molar-refractivity contribution in [3.8, 4) is 11.5 Å². The average Bonchev–Trinajstić information content (AvgIpc) is 2.95. The Morgan fingerprint density at radius 3 is 3.10 bits per heavy atom. The van der Waals surface area contributed by atoms with Crippen LogP contribution in [0, 0.1) is 0 Å². The fourth-order valence-corrected chi connectivity index (χ4v) is 2.80. The topological polar surface area (TPSA) is 47.7 Å². The van der Waals surface area contributed by atoms with E-state index in [9.17, 15) is 0 Å². The van der Waals surface area contributed by atoms with Gasteiger partial charge in [0.2, 0.25) is 0 Å². The molecule has 2 aliphatic heterocycles. The molecule has 3 heterocycles. The van der Waals surface area contributed by atoms with Crippen LogP contribution in [0.5, 0.6) is 11.5 Å². The molecule has 1 aromatic heterocycles. The van der Waals surface area contributed by atoms with Crippen LogP contribution >= 0.6 is 0 Å². The van der Waals surface area contributed by atoms with Crippen molar-refractivity contribution >= 4 is 0 Å². The van der Waals surface area contributed by atoms with Crippen molar-refractivity contribution in [1.29, 1.82) is 0 Å². The smallest absolute Gasteiger partial charge is 0.161 e. The van der Waals surface area contributed by atoms with Gasteiger partial charge in [-0.3, -0.25) is 4.90 Å². The zero-order chi connectivity index (χ0) is 13.4. The Labute approximate surface area is 117 Å². The molecule has 0 radical (unpaired) electrons. The first-order valence-electron chi connectivity index (χ1n) is 6.91. The molecule has 4 rings (SSSR count). The summed E-state index contributed by atoms with van der Waals surface area (Å²) in [4.78, 5) is 2.36. The van der Waals surface area contributed by atoms with Crippen LogP contribution in [-0.2, 0) is 13.0 Å². The maximum Gasteiger partial charge on any atom is 0.161 e. The Bertz CT molecular complexity index is 611. The summed E-state index contributed by atoms with van der Waals surface area (Å²) >= 11 is 0. The molecule has 104 valence electrons. The van der Waals surface area contributed by atoms with E-state index < -0.39 is 0 Å². The molecule has 0 spiro atoms. The minimum atomic E-state index is 0.0753. The van der Waals surface area contributed by atoms with Gasteiger partial charge in [0.05, 0.1) is 5.69 Å². The Balaban J connectivity index is 1.42. The fourth-order valence-electron chi connectivity index (χ4n) is 2.80. The quantitative estimate of drug-likeness (QED) is 0.835. The number of nitrogens with zero attached hydrogens (tertiary/aromatic N) is 2. The van der Waals surface area contributed by atoms with Gasteiger partial charge in [-0.2, -0.15) is 0 Å². The van der Waals surface area contributed by atoms with Gasteiger partial charge in [0.1, 0.15) is 19.0 Å². The van der Waals surface area contributed by atoms with Crippen molar-refractivity contribution in [2.75, 3.05) is 19.7 Å². The number of fused-ring (bicyclic) bond motifs is 2. The van der Waals surface area contributed by atoms with E-state index in [1.54, 1.807) is 6.26 Å². The molecule has 0 aliphatic carbocycles.